The van der Waals surface area contributed by atoms with Gasteiger partial charge in [-0.15, -0.1) is 12.4 Å². The Hall–Kier alpha value is -1.02. The van der Waals surface area contributed by atoms with Crippen molar-refractivity contribution < 1.29 is 4.79 Å². The van der Waals surface area contributed by atoms with Crippen LogP contribution < -0.4 is 5.73 Å². The summed E-state index contributed by atoms with van der Waals surface area (Å²) in [7, 11) is 0. The van der Waals surface area contributed by atoms with Gasteiger partial charge in [-0.1, -0.05) is 18.2 Å². The maximum absolute atomic E-state index is 10.4. The van der Waals surface area contributed by atoms with Crippen LogP contribution in [-0.4, -0.2) is 5.91 Å². The second-order valence-corrected chi connectivity index (χ2v) is 1.73. The Kier molecular flexibility index (Phi) is 3.51. The van der Waals surface area contributed by atoms with Crippen molar-refractivity contribution in [3.63, 3.8) is 0 Å². The highest BCUT2D eigenvalue weighted by Gasteiger charge is 1.93. The molecule has 1 amide bonds. The van der Waals surface area contributed by atoms with Gasteiger partial charge in [0, 0.05) is 5.56 Å². The lowest BCUT2D eigenvalue weighted by Gasteiger charge is -1.89. The summed E-state index contributed by atoms with van der Waals surface area (Å²) in [6.07, 6.45) is 0. The van der Waals surface area contributed by atoms with Gasteiger partial charge in [0.2, 0.25) is 5.91 Å². The first-order valence-electron chi connectivity index (χ1n) is 2.65. The Morgan fingerprint density at radius 2 is 1.70 bits per heavy atom. The standard InChI is InChI=1S/C7H7NO.ClH/c8-7(9)6-4-2-1-3-5-6;/h1-5H,(H2,8,9);1H. The number of hydrogen-bond donors (Lipinski definition) is 1. The molecular formula is C7H8ClNO. The van der Waals surface area contributed by atoms with E-state index in [9.17, 15) is 4.79 Å². The lowest BCUT2D eigenvalue weighted by molar-refractivity contribution is 0.100. The quantitative estimate of drug-likeness (QED) is 0.654. The van der Waals surface area contributed by atoms with Gasteiger partial charge in [-0.05, 0) is 12.1 Å². The highest BCUT2D eigenvalue weighted by atomic mass is 35.5. The first-order valence-corrected chi connectivity index (χ1v) is 2.65. The van der Waals surface area contributed by atoms with Gasteiger partial charge in [-0.2, -0.15) is 0 Å². The van der Waals surface area contributed by atoms with Crippen LogP contribution in [0, 0.1) is 0 Å². The first-order chi connectivity index (χ1) is 4.30. The zero-order chi connectivity index (χ0) is 6.69. The minimum Gasteiger partial charge on any atom is -0.366 e. The average Bonchev–Trinajstić information content (AvgIpc) is 1.90. The van der Waals surface area contributed by atoms with Gasteiger partial charge in [0.15, 0.2) is 0 Å². The van der Waals surface area contributed by atoms with Crippen LogP contribution in [0.25, 0.3) is 0 Å². The minimum atomic E-state index is -0.379. The van der Waals surface area contributed by atoms with Crippen molar-refractivity contribution in [3.05, 3.63) is 35.9 Å². The molecule has 0 atom stereocenters. The first kappa shape index (κ1) is 8.98. The van der Waals surface area contributed by atoms with Gasteiger partial charge < -0.3 is 5.73 Å². The van der Waals surface area contributed by atoms with E-state index in [1.54, 1.807) is 24.3 Å². The second kappa shape index (κ2) is 3.90. The summed E-state index contributed by atoms with van der Waals surface area (Å²) in [6, 6.07) is 8.76. The van der Waals surface area contributed by atoms with E-state index < -0.39 is 0 Å². The lowest BCUT2D eigenvalue weighted by Crippen LogP contribution is -2.09. The maximum Gasteiger partial charge on any atom is 0.248 e. The molecular weight excluding hydrogens is 150 g/mol. The number of rotatable bonds is 1. The Bertz CT molecular complexity index is 210. The Morgan fingerprint density at radius 3 is 2.00 bits per heavy atom. The van der Waals surface area contributed by atoms with E-state index in [2.05, 4.69) is 0 Å². The van der Waals surface area contributed by atoms with E-state index in [1.165, 1.54) is 0 Å². The number of hydrogen-bond acceptors (Lipinski definition) is 1. The zero-order valence-corrected chi connectivity index (χ0v) is 6.10. The molecule has 0 heterocycles. The number of carbonyl (C=O) groups is 1. The third-order valence-corrected chi connectivity index (χ3v) is 1.06. The summed E-state index contributed by atoms with van der Waals surface area (Å²) in [6.45, 7) is 0. The highest BCUT2D eigenvalue weighted by Crippen LogP contribution is 1.94. The van der Waals surface area contributed by atoms with Gasteiger partial charge >= 0.3 is 0 Å². The van der Waals surface area contributed by atoms with E-state index in [1.807, 2.05) is 6.07 Å². The van der Waals surface area contributed by atoms with Crippen LogP contribution in [0.5, 0.6) is 0 Å². The number of primary amides is 1. The predicted octanol–water partition coefficient (Wildman–Crippen LogP) is 1.21. The summed E-state index contributed by atoms with van der Waals surface area (Å²) >= 11 is 0. The van der Waals surface area contributed by atoms with E-state index in [0.29, 0.717) is 5.56 Å². The topological polar surface area (TPSA) is 43.1 Å². The largest absolute Gasteiger partial charge is 0.366 e. The third-order valence-electron chi connectivity index (χ3n) is 1.06. The molecule has 0 fully saturated rings. The summed E-state index contributed by atoms with van der Waals surface area (Å²) < 4.78 is 0. The van der Waals surface area contributed by atoms with Gasteiger partial charge in [-0.25, -0.2) is 0 Å². The highest BCUT2D eigenvalue weighted by molar-refractivity contribution is 5.92. The van der Waals surface area contributed by atoms with E-state index in [-0.39, 0.29) is 18.3 Å². The van der Waals surface area contributed by atoms with Crippen molar-refractivity contribution in [2.75, 3.05) is 0 Å². The van der Waals surface area contributed by atoms with Crippen LogP contribution in [0.2, 0.25) is 0 Å². The molecule has 2 nitrogen and oxygen atoms in total. The molecule has 1 aromatic rings. The number of nitrogens with two attached hydrogens (primary N) is 1. The average molecular weight is 158 g/mol. The van der Waals surface area contributed by atoms with E-state index in [0.717, 1.165) is 0 Å². The number of carbonyl (C=O) groups excluding carboxylic acids is 1. The normalized spacial score (nSPS) is 8.00. The Balaban J connectivity index is 0.000000810. The summed E-state index contributed by atoms with van der Waals surface area (Å²) in [5.74, 6) is -0.379. The van der Waals surface area contributed by atoms with Crippen LogP contribution in [0.4, 0.5) is 0 Å². The SMILES string of the molecule is Cl.NC(=O)c1ccccc1. The van der Waals surface area contributed by atoms with Crippen LogP contribution >= 0.6 is 12.4 Å². The Morgan fingerprint density at radius 1 is 1.20 bits per heavy atom. The van der Waals surface area contributed by atoms with Crippen LogP contribution in [-0.2, 0) is 0 Å². The second-order valence-electron chi connectivity index (χ2n) is 1.73. The van der Waals surface area contributed by atoms with Crippen molar-refractivity contribution in [3.8, 4) is 0 Å². The van der Waals surface area contributed by atoms with Crippen LogP contribution in [0.15, 0.2) is 30.3 Å². The molecule has 10 heavy (non-hydrogen) atoms. The van der Waals surface area contributed by atoms with Crippen molar-refractivity contribution in [1.82, 2.24) is 0 Å². The third kappa shape index (κ3) is 2.07. The molecule has 3 heteroatoms. The fraction of sp³-hybridized carbons (Fsp3) is 0. The van der Waals surface area contributed by atoms with E-state index in [4.69, 9.17) is 5.73 Å². The molecule has 0 aliphatic rings. The molecule has 54 valence electrons. The number of amides is 1. The summed E-state index contributed by atoms with van der Waals surface area (Å²) in [5.41, 5.74) is 5.53. The number of halogens is 1. The molecule has 0 aliphatic carbocycles. The molecule has 1 rings (SSSR count). The number of benzene rings is 1. The van der Waals surface area contributed by atoms with Gasteiger partial charge in [0.05, 0.1) is 0 Å². The van der Waals surface area contributed by atoms with Gasteiger partial charge in [-0.3, -0.25) is 4.79 Å². The molecule has 0 unspecified atom stereocenters. The molecule has 2 N–H and O–H groups in total. The van der Waals surface area contributed by atoms with Crippen molar-refractivity contribution in [2.45, 2.75) is 0 Å². The fourth-order valence-corrected chi connectivity index (χ4v) is 0.602. The monoisotopic (exact) mass is 157 g/mol. The van der Waals surface area contributed by atoms with Crippen molar-refractivity contribution >= 4 is 18.3 Å². The molecule has 0 aliphatic heterocycles. The molecule has 0 aromatic heterocycles. The molecule has 1 aromatic carbocycles. The zero-order valence-electron chi connectivity index (χ0n) is 5.28. The van der Waals surface area contributed by atoms with Gasteiger partial charge in [0.1, 0.15) is 0 Å². The van der Waals surface area contributed by atoms with Crippen molar-refractivity contribution in [1.29, 1.82) is 0 Å². The molecule has 0 spiro atoms. The molecule has 0 saturated carbocycles. The predicted molar refractivity (Wildman–Crippen MR) is 42.2 cm³/mol. The minimum absolute atomic E-state index is 0. The Labute approximate surface area is 65.5 Å². The maximum atomic E-state index is 10.4. The smallest absolute Gasteiger partial charge is 0.248 e. The summed E-state index contributed by atoms with van der Waals surface area (Å²) in [5, 5.41) is 0. The van der Waals surface area contributed by atoms with Crippen LogP contribution in [0.3, 0.4) is 0 Å². The fourth-order valence-electron chi connectivity index (χ4n) is 0.602. The van der Waals surface area contributed by atoms with Crippen molar-refractivity contribution in [2.24, 2.45) is 5.73 Å². The summed E-state index contributed by atoms with van der Waals surface area (Å²) in [4.78, 5) is 10.4. The molecule has 0 bridgehead atoms. The van der Waals surface area contributed by atoms with E-state index >= 15 is 0 Å². The van der Waals surface area contributed by atoms with Gasteiger partial charge in [0.25, 0.3) is 0 Å². The molecule has 0 saturated heterocycles. The lowest BCUT2D eigenvalue weighted by atomic mass is 10.2. The molecule has 0 radical (unpaired) electrons. The van der Waals surface area contributed by atoms with Crippen LogP contribution in [0.1, 0.15) is 10.4 Å².